The highest BCUT2D eigenvalue weighted by Gasteiger charge is 2.21. The SMILES string of the molecule is CC(OC(=O)c1ccc2cn[nH]c2c1)C(=O)Nc1ccc([N+](=O)[O-])cc1Cl. The van der Waals surface area contributed by atoms with E-state index in [1.165, 1.54) is 19.1 Å². The summed E-state index contributed by atoms with van der Waals surface area (Å²) in [5, 5.41) is 20.6. The van der Waals surface area contributed by atoms with Crippen molar-refractivity contribution in [2.24, 2.45) is 0 Å². The fourth-order valence-electron chi connectivity index (χ4n) is 2.30. The van der Waals surface area contributed by atoms with E-state index in [1.807, 2.05) is 0 Å². The highest BCUT2D eigenvalue weighted by molar-refractivity contribution is 6.34. The van der Waals surface area contributed by atoms with Gasteiger partial charge >= 0.3 is 5.97 Å². The molecular weight excluding hydrogens is 376 g/mol. The van der Waals surface area contributed by atoms with Crippen LogP contribution in [0.4, 0.5) is 11.4 Å². The van der Waals surface area contributed by atoms with Crippen molar-refractivity contribution in [2.45, 2.75) is 13.0 Å². The number of benzene rings is 2. The van der Waals surface area contributed by atoms with E-state index in [1.54, 1.807) is 24.4 Å². The number of hydrogen-bond acceptors (Lipinski definition) is 6. The molecular formula is C17H13ClN4O5. The van der Waals surface area contributed by atoms with E-state index in [2.05, 4.69) is 15.5 Å². The summed E-state index contributed by atoms with van der Waals surface area (Å²) in [6.07, 6.45) is 0.510. The lowest BCUT2D eigenvalue weighted by molar-refractivity contribution is -0.384. The van der Waals surface area contributed by atoms with Crippen LogP contribution in [0.15, 0.2) is 42.6 Å². The largest absolute Gasteiger partial charge is 0.449 e. The van der Waals surface area contributed by atoms with Gasteiger partial charge in [-0.1, -0.05) is 17.7 Å². The van der Waals surface area contributed by atoms with Gasteiger partial charge in [0.25, 0.3) is 11.6 Å². The van der Waals surface area contributed by atoms with Gasteiger partial charge < -0.3 is 10.1 Å². The fourth-order valence-corrected chi connectivity index (χ4v) is 2.52. The minimum absolute atomic E-state index is 0.000716. The fraction of sp³-hybridized carbons (Fsp3) is 0.118. The molecule has 3 rings (SSSR count). The second kappa shape index (κ2) is 7.42. The number of rotatable bonds is 5. The number of anilines is 1. The molecule has 1 heterocycles. The van der Waals surface area contributed by atoms with Crippen LogP contribution in [0, 0.1) is 10.1 Å². The molecule has 1 aromatic heterocycles. The van der Waals surface area contributed by atoms with Gasteiger partial charge in [0, 0.05) is 17.5 Å². The molecule has 0 spiro atoms. The maximum atomic E-state index is 12.2. The Hall–Kier alpha value is -3.46. The third-order valence-corrected chi connectivity index (χ3v) is 4.06. The molecule has 0 aliphatic rings. The van der Waals surface area contributed by atoms with Crippen LogP contribution in [0.1, 0.15) is 17.3 Å². The monoisotopic (exact) mass is 388 g/mol. The Bertz CT molecular complexity index is 1050. The van der Waals surface area contributed by atoms with Crippen molar-refractivity contribution in [1.29, 1.82) is 0 Å². The number of hydrogen-bond donors (Lipinski definition) is 2. The molecule has 0 aliphatic carbocycles. The number of aromatic amines is 1. The number of H-pyrrole nitrogens is 1. The molecule has 1 amide bonds. The van der Waals surface area contributed by atoms with Gasteiger partial charge in [-0.25, -0.2) is 4.79 Å². The first-order chi connectivity index (χ1) is 12.8. The highest BCUT2D eigenvalue weighted by atomic mass is 35.5. The summed E-state index contributed by atoms with van der Waals surface area (Å²) < 4.78 is 5.16. The van der Waals surface area contributed by atoms with Crippen molar-refractivity contribution < 1.29 is 19.2 Å². The van der Waals surface area contributed by atoms with E-state index in [-0.39, 0.29) is 22.0 Å². The van der Waals surface area contributed by atoms with Gasteiger partial charge in [-0.3, -0.25) is 20.0 Å². The zero-order valence-corrected chi connectivity index (χ0v) is 14.7. The zero-order valence-electron chi connectivity index (χ0n) is 13.9. The van der Waals surface area contributed by atoms with Gasteiger partial charge in [-0.2, -0.15) is 5.10 Å². The molecule has 9 nitrogen and oxygen atoms in total. The topological polar surface area (TPSA) is 127 Å². The molecule has 27 heavy (non-hydrogen) atoms. The summed E-state index contributed by atoms with van der Waals surface area (Å²) in [6, 6.07) is 8.47. The summed E-state index contributed by atoms with van der Waals surface area (Å²) in [4.78, 5) is 34.6. The Morgan fingerprint density at radius 3 is 2.78 bits per heavy atom. The molecule has 1 atom stereocenters. The zero-order chi connectivity index (χ0) is 19.6. The second-order valence-corrected chi connectivity index (χ2v) is 6.04. The number of esters is 1. The number of halogens is 1. The molecule has 0 radical (unpaired) electrons. The van der Waals surface area contributed by atoms with Gasteiger partial charge in [-0.05, 0) is 25.1 Å². The van der Waals surface area contributed by atoms with Crippen molar-refractivity contribution in [3.63, 3.8) is 0 Å². The van der Waals surface area contributed by atoms with Crippen molar-refractivity contribution >= 4 is 45.8 Å². The predicted molar refractivity (Wildman–Crippen MR) is 97.7 cm³/mol. The predicted octanol–water partition coefficient (Wildman–Crippen LogP) is 3.31. The first-order valence-electron chi connectivity index (χ1n) is 7.74. The van der Waals surface area contributed by atoms with E-state index in [0.29, 0.717) is 5.52 Å². The average Bonchev–Trinajstić information content (AvgIpc) is 3.10. The molecule has 0 saturated heterocycles. The molecule has 0 bridgehead atoms. The van der Waals surface area contributed by atoms with Crippen molar-refractivity contribution in [3.8, 4) is 0 Å². The Kier molecular flexibility index (Phi) is 5.04. The molecule has 1 unspecified atom stereocenters. The number of ether oxygens (including phenoxy) is 1. The van der Waals surface area contributed by atoms with Crippen LogP contribution in [0.3, 0.4) is 0 Å². The number of non-ortho nitro benzene ring substituents is 1. The first-order valence-corrected chi connectivity index (χ1v) is 8.12. The van der Waals surface area contributed by atoms with E-state index in [4.69, 9.17) is 16.3 Å². The van der Waals surface area contributed by atoms with Gasteiger partial charge in [0.15, 0.2) is 6.10 Å². The molecule has 2 N–H and O–H groups in total. The summed E-state index contributed by atoms with van der Waals surface area (Å²) in [5.41, 5.74) is 0.903. The van der Waals surface area contributed by atoms with Gasteiger partial charge in [-0.15, -0.1) is 0 Å². The van der Waals surface area contributed by atoms with Gasteiger partial charge in [0.1, 0.15) is 0 Å². The average molecular weight is 389 g/mol. The summed E-state index contributed by atoms with van der Waals surface area (Å²) in [6.45, 7) is 1.40. The van der Waals surface area contributed by atoms with Gasteiger partial charge in [0.05, 0.1) is 32.9 Å². The van der Waals surface area contributed by atoms with E-state index in [0.717, 1.165) is 11.5 Å². The van der Waals surface area contributed by atoms with Crippen LogP contribution in [0.25, 0.3) is 10.9 Å². The lowest BCUT2D eigenvalue weighted by Gasteiger charge is -2.14. The molecule has 138 valence electrons. The number of nitrogens with zero attached hydrogens (tertiary/aromatic N) is 2. The van der Waals surface area contributed by atoms with Crippen LogP contribution in [-0.4, -0.2) is 33.1 Å². The van der Waals surface area contributed by atoms with E-state index >= 15 is 0 Å². The number of carbonyl (C=O) groups is 2. The van der Waals surface area contributed by atoms with E-state index in [9.17, 15) is 19.7 Å². The van der Waals surface area contributed by atoms with Crippen LogP contribution in [0.2, 0.25) is 5.02 Å². The molecule has 3 aromatic rings. The minimum Gasteiger partial charge on any atom is -0.449 e. The second-order valence-electron chi connectivity index (χ2n) is 5.63. The summed E-state index contributed by atoms with van der Waals surface area (Å²) >= 11 is 5.93. The smallest absolute Gasteiger partial charge is 0.338 e. The molecule has 0 fully saturated rings. The first kappa shape index (κ1) is 18.3. The Morgan fingerprint density at radius 1 is 1.30 bits per heavy atom. The maximum absolute atomic E-state index is 12.2. The Morgan fingerprint density at radius 2 is 2.07 bits per heavy atom. The third kappa shape index (κ3) is 4.04. The summed E-state index contributed by atoms with van der Waals surface area (Å²) in [5.74, 6) is -1.30. The number of aromatic nitrogens is 2. The Labute approximate surface area is 157 Å². The lowest BCUT2D eigenvalue weighted by Crippen LogP contribution is -2.30. The number of amides is 1. The molecule has 2 aromatic carbocycles. The Balaban J connectivity index is 1.66. The summed E-state index contributed by atoms with van der Waals surface area (Å²) in [7, 11) is 0. The van der Waals surface area contributed by atoms with Crippen molar-refractivity contribution in [1.82, 2.24) is 10.2 Å². The van der Waals surface area contributed by atoms with Crippen LogP contribution < -0.4 is 5.32 Å². The molecule has 0 saturated carbocycles. The number of nitrogens with one attached hydrogen (secondary N) is 2. The maximum Gasteiger partial charge on any atom is 0.338 e. The van der Waals surface area contributed by atoms with Crippen molar-refractivity contribution in [2.75, 3.05) is 5.32 Å². The molecule has 0 aliphatic heterocycles. The van der Waals surface area contributed by atoms with Crippen molar-refractivity contribution in [3.05, 3.63) is 63.3 Å². The number of nitro benzene ring substituents is 1. The molecule has 10 heteroatoms. The van der Waals surface area contributed by atoms with Crippen LogP contribution >= 0.6 is 11.6 Å². The minimum atomic E-state index is -1.11. The number of carbonyl (C=O) groups excluding carboxylic acids is 2. The third-order valence-electron chi connectivity index (χ3n) is 3.75. The quantitative estimate of drug-likeness (QED) is 0.392. The number of nitro groups is 1. The lowest BCUT2D eigenvalue weighted by atomic mass is 10.2. The van der Waals surface area contributed by atoms with Crippen LogP contribution in [-0.2, 0) is 9.53 Å². The standard InChI is InChI=1S/C17H13ClN4O5/c1-9(16(23)20-14-5-4-12(22(25)26)7-13(14)18)27-17(24)10-2-3-11-8-19-21-15(11)6-10/h2-9H,1H3,(H,19,21)(H,20,23). The highest BCUT2D eigenvalue weighted by Crippen LogP contribution is 2.26. The normalized spacial score (nSPS) is 11.8. The van der Waals surface area contributed by atoms with Gasteiger partial charge in [0.2, 0.25) is 0 Å². The number of fused-ring (bicyclic) bond motifs is 1. The van der Waals surface area contributed by atoms with Crippen LogP contribution in [0.5, 0.6) is 0 Å². The van der Waals surface area contributed by atoms with E-state index < -0.39 is 22.9 Å².